The number of aryl methyl sites for hydroxylation is 1. The van der Waals surface area contributed by atoms with Gasteiger partial charge < -0.3 is 19.5 Å². The molecule has 2 fully saturated rings. The van der Waals surface area contributed by atoms with E-state index in [0.29, 0.717) is 32.5 Å². The predicted octanol–water partition coefficient (Wildman–Crippen LogP) is 0.247. The SMILES string of the molecule is Cc1cnc(CN(C)C(=O)[C@H]2CCC(=O)N(CCN3CCOCC3)C2)[nH]1. The molecular weight excluding hydrogens is 334 g/mol. The number of morpholine rings is 1. The number of piperidine rings is 1. The van der Waals surface area contributed by atoms with E-state index in [9.17, 15) is 9.59 Å². The van der Waals surface area contributed by atoms with Crippen molar-refractivity contribution >= 4 is 11.8 Å². The number of hydrogen-bond donors (Lipinski definition) is 1. The second-order valence-electron chi connectivity index (χ2n) is 7.24. The fourth-order valence-corrected chi connectivity index (χ4v) is 3.58. The van der Waals surface area contributed by atoms with Crippen molar-refractivity contribution < 1.29 is 14.3 Å². The minimum atomic E-state index is -0.126. The summed E-state index contributed by atoms with van der Waals surface area (Å²) in [4.78, 5) is 38.3. The zero-order valence-corrected chi connectivity index (χ0v) is 15.7. The highest BCUT2D eigenvalue weighted by Crippen LogP contribution is 2.20. The van der Waals surface area contributed by atoms with Crippen LogP contribution in [0.15, 0.2) is 6.20 Å². The lowest BCUT2D eigenvalue weighted by molar-refractivity contribution is -0.142. The van der Waals surface area contributed by atoms with Gasteiger partial charge in [0, 0.05) is 58.1 Å². The van der Waals surface area contributed by atoms with Crippen LogP contribution in [0.1, 0.15) is 24.4 Å². The molecule has 0 spiro atoms. The summed E-state index contributed by atoms with van der Waals surface area (Å²) >= 11 is 0. The van der Waals surface area contributed by atoms with Crippen LogP contribution in [-0.2, 0) is 20.9 Å². The monoisotopic (exact) mass is 363 g/mol. The van der Waals surface area contributed by atoms with Crippen LogP contribution in [0.2, 0.25) is 0 Å². The molecule has 144 valence electrons. The quantitative estimate of drug-likeness (QED) is 0.783. The molecule has 0 aliphatic carbocycles. The number of carbonyl (C=O) groups is 2. The summed E-state index contributed by atoms with van der Waals surface area (Å²) in [6, 6.07) is 0. The molecular formula is C18H29N5O3. The smallest absolute Gasteiger partial charge is 0.227 e. The van der Waals surface area contributed by atoms with Crippen LogP contribution in [0.3, 0.4) is 0 Å². The lowest BCUT2D eigenvalue weighted by Gasteiger charge is -2.35. The average Bonchev–Trinajstić information content (AvgIpc) is 3.06. The van der Waals surface area contributed by atoms with Crippen molar-refractivity contribution in [2.24, 2.45) is 5.92 Å². The van der Waals surface area contributed by atoms with Crippen LogP contribution in [0.5, 0.6) is 0 Å². The highest BCUT2D eigenvalue weighted by Gasteiger charge is 2.32. The summed E-state index contributed by atoms with van der Waals surface area (Å²) in [7, 11) is 1.80. The number of aromatic amines is 1. The molecule has 1 aromatic rings. The van der Waals surface area contributed by atoms with E-state index < -0.39 is 0 Å². The fourth-order valence-electron chi connectivity index (χ4n) is 3.58. The van der Waals surface area contributed by atoms with E-state index in [1.54, 1.807) is 18.1 Å². The highest BCUT2D eigenvalue weighted by molar-refractivity contribution is 5.83. The topological polar surface area (TPSA) is 81.8 Å². The normalized spacial score (nSPS) is 21.8. The van der Waals surface area contributed by atoms with Crippen LogP contribution >= 0.6 is 0 Å². The number of carbonyl (C=O) groups excluding carboxylic acids is 2. The maximum absolute atomic E-state index is 12.8. The van der Waals surface area contributed by atoms with Gasteiger partial charge in [-0.15, -0.1) is 0 Å². The van der Waals surface area contributed by atoms with E-state index in [0.717, 1.165) is 44.4 Å². The van der Waals surface area contributed by atoms with Crippen LogP contribution in [0.4, 0.5) is 0 Å². The van der Waals surface area contributed by atoms with E-state index >= 15 is 0 Å². The summed E-state index contributed by atoms with van der Waals surface area (Å²) in [6.45, 7) is 7.79. The fraction of sp³-hybridized carbons (Fsp3) is 0.722. The van der Waals surface area contributed by atoms with E-state index in [1.165, 1.54) is 0 Å². The zero-order valence-electron chi connectivity index (χ0n) is 15.7. The number of nitrogens with zero attached hydrogens (tertiary/aromatic N) is 4. The molecule has 0 unspecified atom stereocenters. The first-order chi connectivity index (χ1) is 12.5. The number of likely N-dealkylation sites (tertiary alicyclic amines) is 1. The van der Waals surface area contributed by atoms with Gasteiger partial charge in [-0.2, -0.15) is 0 Å². The molecule has 2 aliphatic heterocycles. The molecule has 0 aromatic carbocycles. The number of aromatic nitrogens is 2. The average molecular weight is 363 g/mol. The maximum atomic E-state index is 12.8. The van der Waals surface area contributed by atoms with Gasteiger partial charge >= 0.3 is 0 Å². The number of ether oxygens (including phenoxy) is 1. The van der Waals surface area contributed by atoms with Gasteiger partial charge in [0.25, 0.3) is 0 Å². The largest absolute Gasteiger partial charge is 0.379 e. The second-order valence-corrected chi connectivity index (χ2v) is 7.24. The van der Waals surface area contributed by atoms with Gasteiger partial charge in [0.15, 0.2) is 0 Å². The van der Waals surface area contributed by atoms with Gasteiger partial charge in [-0.05, 0) is 13.3 Å². The lowest BCUT2D eigenvalue weighted by Crippen LogP contribution is -2.49. The summed E-state index contributed by atoms with van der Waals surface area (Å²) in [5.41, 5.74) is 0.985. The Kier molecular flexibility index (Phi) is 6.26. The number of amides is 2. The van der Waals surface area contributed by atoms with Gasteiger partial charge in [0.05, 0.1) is 25.7 Å². The third-order valence-corrected chi connectivity index (χ3v) is 5.16. The predicted molar refractivity (Wildman–Crippen MR) is 96.4 cm³/mol. The third-order valence-electron chi connectivity index (χ3n) is 5.16. The number of hydrogen-bond acceptors (Lipinski definition) is 5. The van der Waals surface area contributed by atoms with Crippen molar-refractivity contribution in [2.45, 2.75) is 26.3 Å². The van der Waals surface area contributed by atoms with Crippen LogP contribution in [0, 0.1) is 12.8 Å². The first-order valence-corrected chi connectivity index (χ1v) is 9.36. The molecule has 2 amide bonds. The first-order valence-electron chi connectivity index (χ1n) is 9.36. The highest BCUT2D eigenvalue weighted by atomic mass is 16.5. The van der Waals surface area contributed by atoms with E-state index in [1.807, 2.05) is 11.8 Å². The van der Waals surface area contributed by atoms with E-state index in [-0.39, 0.29) is 17.7 Å². The van der Waals surface area contributed by atoms with Crippen LogP contribution in [0.25, 0.3) is 0 Å². The zero-order chi connectivity index (χ0) is 18.5. The Morgan fingerprint density at radius 3 is 2.85 bits per heavy atom. The van der Waals surface area contributed by atoms with Gasteiger partial charge in [0.1, 0.15) is 5.82 Å². The number of nitrogens with one attached hydrogen (secondary N) is 1. The van der Waals surface area contributed by atoms with Crippen molar-refractivity contribution in [2.75, 3.05) is 53.0 Å². The molecule has 1 N–H and O–H groups in total. The maximum Gasteiger partial charge on any atom is 0.227 e. The molecule has 1 aromatic heterocycles. The van der Waals surface area contributed by atoms with Gasteiger partial charge in [0.2, 0.25) is 11.8 Å². The Morgan fingerprint density at radius 2 is 2.15 bits per heavy atom. The van der Waals surface area contributed by atoms with Crippen LogP contribution in [-0.4, -0.2) is 89.5 Å². The minimum absolute atomic E-state index is 0.0860. The Labute approximate surface area is 154 Å². The summed E-state index contributed by atoms with van der Waals surface area (Å²) < 4.78 is 5.36. The molecule has 2 aliphatic rings. The summed E-state index contributed by atoms with van der Waals surface area (Å²) in [5.74, 6) is 0.905. The van der Waals surface area contributed by atoms with Gasteiger partial charge in [-0.25, -0.2) is 4.98 Å². The third kappa shape index (κ3) is 4.82. The Hall–Kier alpha value is -1.93. The van der Waals surface area contributed by atoms with Crippen molar-refractivity contribution in [3.05, 3.63) is 17.7 Å². The van der Waals surface area contributed by atoms with E-state index in [4.69, 9.17) is 4.74 Å². The standard InChI is InChI=1S/C18H29N5O3/c1-14-11-19-16(20-14)13-21(2)18(25)15-3-4-17(24)23(12-15)6-5-22-7-9-26-10-8-22/h11,15H,3-10,12-13H2,1-2H3,(H,19,20)/t15-/m0/s1. The molecule has 0 saturated carbocycles. The van der Waals surface area contributed by atoms with Crippen molar-refractivity contribution in [3.63, 3.8) is 0 Å². The molecule has 8 heteroatoms. The summed E-state index contributed by atoms with van der Waals surface area (Å²) in [5, 5.41) is 0. The molecule has 26 heavy (non-hydrogen) atoms. The lowest BCUT2D eigenvalue weighted by atomic mass is 9.96. The van der Waals surface area contributed by atoms with Gasteiger partial charge in [-0.3, -0.25) is 14.5 Å². The molecule has 0 radical (unpaired) electrons. The molecule has 2 saturated heterocycles. The first kappa shape index (κ1) is 18.8. The number of H-pyrrole nitrogens is 1. The molecule has 1 atom stereocenters. The minimum Gasteiger partial charge on any atom is -0.379 e. The molecule has 0 bridgehead atoms. The van der Waals surface area contributed by atoms with Gasteiger partial charge in [-0.1, -0.05) is 0 Å². The van der Waals surface area contributed by atoms with Crippen molar-refractivity contribution in [1.29, 1.82) is 0 Å². The molecule has 8 nitrogen and oxygen atoms in total. The van der Waals surface area contributed by atoms with Crippen molar-refractivity contribution in [1.82, 2.24) is 24.7 Å². The van der Waals surface area contributed by atoms with E-state index in [2.05, 4.69) is 14.9 Å². The molecule has 3 heterocycles. The molecule has 3 rings (SSSR count). The Balaban J connectivity index is 1.50. The van der Waals surface area contributed by atoms with Crippen molar-refractivity contribution in [3.8, 4) is 0 Å². The number of rotatable bonds is 6. The Bertz CT molecular complexity index is 626. The number of imidazole rings is 1. The second kappa shape index (κ2) is 8.64. The Morgan fingerprint density at radius 1 is 1.38 bits per heavy atom. The van der Waals surface area contributed by atoms with Crippen LogP contribution < -0.4 is 0 Å². The summed E-state index contributed by atoms with van der Waals surface area (Å²) in [6.07, 6.45) is 2.85.